The molecule has 0 aliphatic carbocycles. The molecule has 25 heavy (non-hydrogen) atoms. The Bertz CT molecular complexity index is 607. The summed E-state index contributed by atoms with van der Waals surface area (Å²) in [5.74, 6) is 2.25. The highest BCUT2D eigenvalue weighted by Gasteiger charge is 2.12. The van der Waals surface area contributed by atoms with Crippen molar-refractivity contribution in [1.29, 1.82) is 0 Å². The molecule has 2 rings (SSSR count). The van der Waals surface area contributed by atoms with E-state index in [-0.39, 0.29) is 0 Å². The molecule has 0 bridgehead atoms. The van der Waals surface area contributed by atoms with Gasteiger partial charge in [0.1, 0.15) is 5.75 Å². The second-order valence-electron chi connectivity index (χ2n) is 7.03. The first-order chi connectivity index (χ1) is 12.1. The number of methoxy groups -OCH3 is 1. The molecule has 1 N–H and O–H groups in total. The highest BCUT2D eigenvalue weighted by Crippen LogP contribution is 2.28. The van der Waals surface area contributed by atoms with Crippen LogP contribution in [0.4, 0.5) is 0 Å². The lowest BCUT2D eigenvalue weighted by molar-refractivity contribution is 0.414. The second kappa shape index (κ2) is 10.5. The van der Waals surface area contributed by atoms with E-state index in [0.29, 0.717) is 5.92 Å². The standard InChI is InChI=1S/C22H30ClNO/c1-17(2)4-7-20(19-8-12-22(25-3)13-9-19)14-15-24-16-18-5-10-21(23)11-6-18/h5-6,8-13,17,20,24H,4,7,14-16H2,1-3H3. The molecule has 2 aromatic rings. The lowest BCUT2D eigenvalue weighted by Gasteiger charge is -2.19. The summed E-state index contributed by atoms with van der Waals surface area (Å²) in [4.78, 5) is 0. The molecule has 0 amide bonds. The van der Waals surface area contributed by atoms with E-state index in [1.54, 1.807) is 7.11 Å². The van der Waals surface area contributed by atoms with Gasteiger partial charge in [0.2, 0.25) is 0 Å². The van der Waals surface area contributed by atoms with Crippen LogP contribution in [0.1, 0.15) is 50.2 Å². The predicted octanol–water partition coefficient (Wildman–Crippen LogP) is 6.05. The van der Waals surface area contributed by atoms with Gasteiger partial charge < -0.3 is 10.1 Å². The first kappa shape index (κ1) is 19.8. The largest absolute Gasteiger partial charge is 0.497 e. The lowest BCUT2D eigenvalue weighted by Crippen LogP contribution is -2.17. The van der Waals surface area contributed by atoms with Crippen LogP contribution in [0, 0.1) is 5.92 Å². The summed E-state index contributed by atoms with van der Waals surface area (Å²) in [5, 5.41) is 4.35. The summed E-state index contributed by atoms with van der Waals surface area (Å²) in [5.41, 5.74) is 2.68. The summed E-state index contributed by atoms with van der Waals surface area (Å²) in [6.45, 7) is 6.49. The van der Waals surface area contributed by atoms with Gasteiger partial charge in [-0.1, -0.05) is 56.1 Å². The van der Waals surface area contributed by atoms with Gasteiger partial charge in [0.15, 0.2) is 0 Å². The molecular formula is C22H30ClNO. The molecule has 0 spiro atoms. The fourth-order valence-corrected chi connectivity index (χ4v) is 3.13. The Hall–Kier alpha value is -1.51. The van der Waals surface area contributed by atoms with Gasteiger partial charge in [-0.3, -0.25) is 0 Å². The predicted molar refractivity (Wildman–Crippen MR) is 108 cm³/mol. The van der Waals surface area contributed by atoms with Crippen LogP contribution in [-0.2, 0) is 6.54 Å². The minimum absolute atomic E-state index is 0.589. The third-order valence-electron chi connectivity index (χ3n) is 4.59. The van der Waals surface area contributed by atoms with Crippen molar-refractivity contribution in [3.05, 3.63) is 64.7 Å². The van der Waals surface area contributed by atoms with Gasteiger partial charge in [-0.05, 0) is 66.6 Å². The van der Waals surface area contributed by atoms with Gasteiger partial charge in [0, 0.05) is 11.6 Å². The third-order valence-corrected chi connectivity index (χ3v) is 4.84. The zero-order chi connectivity index (χ0) is 18.1. The van der Waals surface area contributed by atoms with Crippen LogP contribution in [0.2, 0.25) is 5.02 Å². The summed E-state index contributed by atoms with van der Waals surface area (Å²) in [6, 6.07) is 16.6. The molecule has 0 saturated heterocycles. The van der Waals surface area contributed by atoms with Crippen molar-refractivity contribution in [3.8, 4) is 5.75 Å². The number of benzene rings is 2. The molecule has 0 aliphatic rings. The number of hydrogen-bond acceptors (Lipinski definition) is 2. The molecular weight excluding hydrogens is 330 g/mol. The monoisotopic (exact) mass is 359 g/mol. The van der Waals surface area contributed by atoms with E-state index in [1.165, 1.54) is 24.0 Å². The van der Waals surface area contributed by atoms with E-state index in [4.69, 9.17) is 16.3 Å². The van der Waals surface area contributed by atoms with E-state index in [0.717, 1.165) is 36.2 Å². The van der Waals surface area contributed by atoms with Crippen LogP contribution in [-0.4, -0.2) is 13.7 Å². The Morgan fingerprint density at radius 3 is 2.20 bits per heavy atom. The lowest BCUT2D eigenvalue weighted by atomic mass is 9.88. The Kier molecular flexibility index (Phi) is 8.30. The van der Waals surface area contributed by atoms with Crippen molar-refractivity contribution >= 4 is 11.6 Å². The Morgan fingerprint density at radius 2 is 1.60 bits per heavy atom. The summed E-state index contributed by atoms with van der Waals surface area (Å²) in [7, 11) is 1.71. The first-order valence-corrected chi connectivity index (χ1v) is 9.55. The van der Waals surface area contributed by atoms with Crippen LogP contribution in [0.3, 0.4) is 0 Å². The fourth-order valence-electron chi connectivity index (χ4n) is 3.00. The molecule has 0 radical (unpaired) electrons. The summed E-state index contributed by atoms with van der Waals surface area (Å²) < 4.78 is 5.28. The number of halogens is 1. The van der Waals surface area contributed by atoms with Crippen LogP contribution in [0.25, 0.3) is 0 Å². The molecule has 3 heteroatoms. The normalized spacial score (nSPS) is 12.4. The van der Waals surface area contributed by atoms with Gasteiger partial charge in [0.25, 0.3) is 0 Å². The van der Waals surface area contributed by atoms with E-state index in [1.807, 2.05) is 12.1 Å². The maximum Gasteiger partial charge on any atom is 0.118 e. The molecule has 0 heterocycles. The molecule has 0 fully saturated rings. The van der Waals surface area contributed by atoms with Crippen LogP contribution in [0.5, 0.6) is 5.75 Å². The number of rotatable bonds is 10. The molecule has 0 saturated carbocycles. The summed E-state index contributed by atoms with van der Waals surface area (Å²) in [6.07, 6.45) is 3.63. The van der Waals surface area contributed by atoms with Gasteiger partial charge in [-0.25, -0.2) is 0 Å². The number of nitrogens with one attached hydrogen (secondary N) is 1. The van der Waals surface area contributed by atoms with Crippen molar-refractivity contribution in [3.63, 3.8) is 0 Å². The molecule has 2 aromatic carbocycles. The van der Waals surface area contributed by atoms with Gasteiger partial charge in [0.05, 0.1) is 7.11 Å². The molecule has 0 aromatic heterocycles. The van der Waals surface area contributed by atoms with Gasteiger partial charge in [-0.15, -0.1) is 0 Å². The third kappa shape index (κ3) is 7.09. The van der Waals surface area contributed by atoms with Crippen LogP contribution >= 0.6 is 11.6 Å². The van der Waals surface area contributed by atoms with Crippen molar-refractivity contribution in [2.24, 2.45) is 5.92 Å². The highest BCUT2D eigenvalue weighted by atomic mass is 35.5. The minimum atomic E-state index is 0.589. The fraction of sp³-hybridized carbons (Fsp3) is 0.455. The summed E-state index contributed by atoms with van der Waals surface area (Å²) >= 11 is 5.93. The van der Waals surface area contributed by atoms with Gasteiger partial charge in [-0.2, -0.15) is 0 Å². The maximum atomic E-state index is 5.93. The van der Waals surface area contributed by atoms with Crippen molar-refractivity contribution in [2.75, 3.05) is 13.7 Å². The van der Waals surface area contributed by atoms with E-state index < -0.39 is 0 Å². The number of hydrogen-bond donors (Lipinski definition) is 1. The topological polar surface area (TPSA) is 21.3 Å². The second-order valence-corrected chi connectivity index (χ2v) is 7.47. The van der Waals surface area contributed by atoms with E-state index in [2.05, 4.69) is 55.6 Å². The molecule has 0 aliphatic heterocycles. The maximum absolute atomic E-state index is 5.93. The Labute approximate surface area is 157 Å². The van der Waals surface area contributed by atoms with Crippen molar-refractivity contribution in [2.45, 2.75) is 45.6 Å². The zero-order valence-corrected chi connectivity index (χ0v) is 16.4. The molecule has 136 valence electrons. The van der Waals surface area contributed by atoms with Crippen molar-refractivity contribution in [1.82, 2.24) is 5.32 Å². The molecule has 2 nitrogen and oxygen atoms in total. The minimum Gasteiger partial charge on any atom is -0.497 e. The van der Waals surface area contributed by atoms with Gasteiger partial charge >= 0.3 is 0 Å². The van der Waals surface area contributed by atoms with E-state index in [9.17, 15) is 0 Å². The molecule has 1 unspecified atom stereocenters. The quantitative estimate of drug-likeness (QED) is 0.521. The van der Waals surface area contributed by atoms with E-state index >= 15 is 0 Å². The number of ether oxygens (including phenoxy) is 1. The molecule has 1 atom stereocenters. The average molecular weight is 360 g/mol. The highest BCUT2D eigenvalue weighted by molar-refractivity contribution is 6.30. The zero-order valence-electron chi connectivity index (χ0n) is 15.6. The smallest absolute Gasteiger partial charge is 0.118 e. The average Bonchev–Trinajstić information content (AvgIpc) is 2.62. The SMILES string of the molecule is COc1ccc(C(CCNCc2ccc(Cl)cc2)CCC(C)C)cc1. The Morgan fingerprint density at radius 1 is 0.920 bits per heavy atom. The Balaban J connectivity index is 1.87. The van der Waals surface area contributed by atoms with Crippen LogP contribution < -0.4 is 10.1 Å². The van der Waals surface area contributed by atoms with Crippen LogP contribution in [0.15, 0.2) is 48.5 Å². The van der Waals surface area contributed by atoms with Crippen molar-refractivity contribution < 1.29 is 4.74 Å². The first-order valence-electron chi connectivity index (χ1n) is 9.17.